The highest BCUT2D eigenvalue weighted by Crippen LogP contribution is 2.23. The van der Waals surface area contributed by atoms with E-state index in [2.05, 4.69) is 10.3 Å². The molecule has 3 N–H and O–H groups in total. The number of carbonyl (C=O) groups excluding carboxylic acids is 2. The first-order valence-electron chi connectivity index (χ1n) is 8.39. The van der Waals surface area contributed by atoms with E-state index in [9.17, 15) is 18.0 Å². The van der Waals surface area contributed by atoms with Crippen molar-refractivity contribution in [2.75, 3.05) is 31.1 Å². The normalized spacial score (nSPS) is 16.7. The van der Waals surface area contributed by atoms with Gasteiger partial charge in [-0.3, -0.25) is 9.59 Å². The summed E-state index contributed by atoms with van der Waals surface area (Å²) in [5.41, 5.74) is 6.47. The van der Waals surface area contributed by atoms with Crippen LogP contribution in [-0.4, -0.2) is 54.8 Å². The number of anilines is 1. The van der Waals surface area contributed by atoms with Crippen LogP contribution in [0, 0.1) is 5.92 Å². The zero-order valence-electron chi connectivity index (χ0n) is 14.5. The largest absolute Gasteiger partial charge is 0.375 e. The number of sulfonamides is 1. The molecule has 27 heavy (non-hydrogen) atoms. The van der Waals surface area contributed by atoms with Crippen LogP contribution in [0.25, 0.3) is 0 Å². The number of hydrogen-bond acceptors (Lipinski definition) is 7. The minimum Gasteiger partial charge on any atom is -0.375 e. The number of benzene rings is 1. The average Bonchev–Trinajstić information content (AvgIpc) is 3.08. The summed E-state index contributed by atoms with van der Waals surface area (Å²) in [4.78, 5) is 28.7. The van der Waals surface area contributed by atoms with Gasteiger partial charge in [0.15, 0.2) is 10.9 Å². The smallest absolute Gasteiger partial charge is 0.235 e. The van der Waals surface area contributed by atoms with Gasteiger partial charge in [0.1, 0.15) is 0 Å². The first-order valence-corrected chi connectivity index (χ1v) is 10.8. The lowest BCUT2D eigenvalue weighted by Gasteiger charge is -2.27. The number of nitrogen functional groups attached to an aromatic ring is 1. The standard InChI is InChI=1S/C17H20N4O4S2/c18-17-20-9-14(26-17)16(23)13(8-12-4-2-1-3-5-12)11-27(24,25)21-7-6-19-15(22)10-21/h1-5,9,13H,6-8,10-11H2,(H2,18,20)(H,19,22)/t13-/m0/s1. The number of nitrogens with zero attached hydrogens (tertiary/aromatic N) is 2. The maximum Gasteiger partial charge on any atom is 0.235 e. The second-order valence-electron chi connectivity index (χ2n) is 6.28. The van der Waals surface area contributed by atoms with E-state index in [1.54, 1.807) is 0 Å². The first-order chi connectivity index (χ1) is 12.8. The van der Waals surface area contributed by atoms with E-state index in [0.717, 1.165) is 21.2 Å². The molecule has 0 saturated carbocycles. The van der Waals surface area contributed by atoms with Gasteiger partial charge in [-0.15, -0.1) is 0 Å². The molecule has 1 atom stereocenters. The van der Waals surface area contributed by atoms with Gasteiger partial charge in [-0.1, -0.05) is 41.7 Å². The zero-order chi connectivity index (χ0) is 19.4. The fourth-order valence-electron chi connectivity index (χ4n) is 2.94. The molecule has 1 aromatic heterocycles. The fourth-order valence-corrected chi connectivity index (χ4v) is 5.32. The molecular formula is C17H20N4O4S2. The van der Waals surface area contributed by atoms with Crippen molar-refractivity contribution in [2.45, 2.75) is 6.42 Å². The zero-order valence-corrected chi connectivity index (χ0v) is 16.1. The Morgan fingerprint density at radius 3 is 2.70 bits per heavy atom. The molecule has 144 valence electrons. The van der Waals surface area contributed by atoms with Gasteiger partial charge in [-0.25, -0.2) is 13.4 Å². The molecule has 3 rings (SSSR count). The van der Waals surface area contributed by atoms with Crippen LogP contribution in [0.5, 0.6) is 0 Å². The highest BCUT2D eigenvalue weighted by molar-refractivity contribution is 7.89. The second-order valence-corrected chi connectivity index (χ2v) is 9.35. The summed E-state index contributed by atoms with van der Waals surface area (Å²) in [6.07, 6.45) is 1.65. The van der Waals surface area contributed by atoms with Gasteiger partial charge in [0.2, 0.25) is 15.9 Å². The van der Waals surface area contributed by atoms with Crippen LogP contribution in [0.3, 0.4) is 0 Å². The van der Waals surface area contributed by atoms with Crippen molar-refractivity contribution >= 4 is 38.2 Å². The Labute approximate surface area is 161 Å². The van der Waals surface area contributed by atoms with Crippen molar-refractivity contribution in [3.63, 3.8) is 0 Å². The molecule has 1 aliphatic heterocycles. The monoisotopic (exact) mass is 408 g/mol. The number of thiazole rings is 1. The van der Waals surface area contributed by atoms with Crippen LogP contribution in [0.1, 0.15) is 15.2 Å². The van der Waals surface area contributed by atoms with Gasteiger partial charge in [0, 0.05) is 19.0 Å². The van der Waals surface area contributed by atoms with E-state index in [-0.39, 0.29) is 48.6 Å². The molecule has 0 spiro atoms. The lowest BCUT2D eigenvalue weighted by Crippen LogP contribution is -2.51. The molecular weight excluding hydrogens is 388 g/mol. The highest BCUT2D eigenvalue weighted by atomic mass is 32.2. The lowest BCUT2D eigenvalue weighted by atomic mass is 9.96. The number of carbonyl (C=O) groups is 2. The maximum atomic E-state index is 12.9. The third-order valence-electron chi connectivity index (χ3n) is 4.27. The summed E-state index contributed by atoms with van der Waals surface area (Å²) >= 11 is 1.04. The Morgan fingerprint density at radius 2 is 2.07 bits per heavy atom. The number of amides is 1. The molecule has 1 amide bonds. The van der Waals surface area contributed by atoms with Crippen molar-refractivity contribution in [2.24, 2.45) is 5.92 Å². The van der Waals surface area contributed by atoms with Gasteiger partial charge < -0.3 is 11.1 Å². The molecule has 1 aromatic carbocycles. The molecule has 0 unspecified atom stereocenters. The van der Waals surface area contributed by atoms with E-state index in [1.165, 1.54) is 6.20 Å². The molecule has 10 heteroatoms. The number of Topliss-reactive ketones (excluding diaryl/α,β-unsaturated/α-hetero) is 1. The first kappa shape index (κ1) is 19.5. The fraction of sp³-hybridized carbons (Fsp3) is 0.353. The summed E-state index contributed by atoms with van der Waals surface area (Å²) in [5, 5.41) is 2.85. The summed E-state index contributed by atoms with van der Waals surface area (Å²) in [5.74, 6) is -1.81. The van der Waals surface area contributed by atoms with Gasteiger partial charge in [-0.2, -0.15) is 4.31 Å². The molecule has 0 aliphatic carbocycles. The summed E-state index contributed by atoms with van der Waals surface area (Å²) < 4.78 is 26.8. The van der Waals surface area contributed by atoms with Crippen LogP contribution in [0.15, 0.2) is 36.5 Å². The number of rotatable bonds is 7. The van der Waals surface area contributed by atoms with Crippen LogP contribution < -0.4 is 11.1 Å². The van der Waals surface area contributed by atoms with E-state index in [1.807, 2.05) is 30.3 Å². The molecule has 2 aromatic rings. The summed E-state index contributed by atoms with van der Waals surface area (Å²) in [6, 6.07) is 9.23. The van der Waals surface area contributed by atoms with Crippen molar-refractivity contribution in [3.05, 3.63) is 47.0 Å². The molecule has 1 saturated heterocycles. The van der Waals surface area contributed by atoms with Crippen LogP contribution in [0.2, 0.25) is 0 Å². The van der Waals surface area contributed by atoms with Crippen molar-refractivity contribution in [1.29, 1.82) is 0 Å². The van der Waals surface area contributed by atoms with Gasteiger partial charge in [0.05, 0.1) is 23.4 Å². The predicted molar refractivity (Wildman–Crippen MR) is 103 cm³/mol. The lowest BCUT2D eigenvalue weighted by molar-refractivity contribution is -0.122. The predicted octanol–water partition coefficient (Wildman–Crippen LogP) is 0.528. The molecule has 8 nitrogen and oxygen atoms in total. The summed E-state index contributed by atoms with van der Waals surface area (Å²) in [6.45, 7) is 0.247. The van der Waals surface area contributed by atoms with Gasteiger partial charge in [-0.05, 0) is 12.0 Å². The van der Waals surface area contributed by atoms with E-state index in [4.69, 9.17) is 5.73 Å². The highest BCUT2D eigenvalue weighted by Gasteiger charge is 2.33. The molecule has 1 fully saturated rings. The topological polar surface area (TPSA) is 122 Å². The Hall–Kier alpha value is -2.30. The summed E-state index contributed by atoms with van der Waals surface area (Å²) in [7, 11) is -3.78. The minimum atomic E-state index is -3.78. The second kappa shape index (κ2) is 8.15. The van der Waals surface area contributed by atoms with Crippen LogP contribution in [-0.2, 0) is 21.2 Å². The molecule has 0 bridgehead atoms. The minimum absolute atomic E-state index is 0.202. The van der Waals surface area contributed by atoms with Crippen molar-refractivity contribution < 1.29 is 18.0 Å². The van der Waals surface area contributed by atoms with Gasteiger partial charge >= 0.3 is 0 Å². The van der Waals surface area contributed by atoms with Crippen LogP contribution in [0.4, 0.5) is 5.13 Å². The Kier molecular flexibility index (Phi) is 5.88. The van der Waals surface area contributed by atoms with Crippen molar-refractivity contribution in [3.8, 4) is 0 Å². The number of nitrogens with one attached hydrogen (secondary N) is 1. The Morgan fingerprint density at radius 1 is 1.33 bits per heavy atom. The number of aromatic nitrogens is 1. The number of piperazine rings is 1. The van der Waals surface area contributed by atoms with Crippen LogP contribution >= 0.6 is 11.3 Å². The molecule has 2 heterocycles. The van der Waals surface area contributed by atoms with E-state index in [0.29, 0.717) is 4.88 Å². The number of nitrogens with two attached hydrogens (primary N) is 1. The van der Waals surface area contributed by atoms with E-state index < -0.39 is 15.9 Å². The third-order valence-corrected chi connectivity index (χ3v) is 7.03. The molecule has 1 aliphatic rings. The van der Waals surface area contributed by atoms with Crippen molar-refractivity contribution in [1.82, 2.24) is 14.6 Å². The molecule has 0 radical (unpaired) electrons. The number of ketones is 1. The van der Waals surface area contributed by atoms with Gasteiger partial charge in [0.25, 0.3) is 0 Å². The third kappa shape index (κ3) is 4.90. The Balaban J connectivity index is 1.84. The Bertz CT molecular complexity index is 927. The SMILES string of the molecule is Nc1ncc(C(=O)[C@@H](Cc2ccccc2)CS(=O)(=O)N2CCNC(=O)C2)s1. The average molecular weight is 409 g/mol. The number of hydrogen-bond donors (Lipinski definition) is 2. The maximum absolute atomic E-state index is 12.9. The van der Waals surface area contributed by atoms with E-state index >= 15 is 0 Å². The quantitative estimate of drug-likeness (QED) is 0.644.